The van der Waals surface area contributed by atoms with E-state index in [1.54, 1.807) is 0 Å². The van der Waals surface area contributed by atoms with Gasteiger partial charge in [0.15, 0.2) is 8.37 Å². The van der Waals surface area contributed by atoms with Crippen molar-refractivity contribution in [1.82, 2.24) is 5.32 Å². The van der Waals surface area contributed by atoms with Crippen LogP contribution in [0, 0.1) is 0 Å². The van der Waals surface area contributed by atoms with Gasteiger partial charge in [0.25, 0.3) is 0 Å². The zero-order valence-corrected chi connectivity index (χ0v) is 15.1. The summed E-state index contributed by atoms with van der Waals surface area (Å²) in [6.45, 7) is 0. The first-order valence-electron chi connectivity index (χ1n) is 5.89. The molecular weight excluding hydrogens is 454 g/mol. The molecule has 20 heavy (non-hydrogen) atoms. The minimum atomic E-state index is -1.09. The van der Waals surface area contributed by atoms with Gasteiger partial charge in [-0.15, -0.1) is 0 Å². The van der Waals surface area contributed by atoms with Crippen molar-refractivity contribution >= 4 is 64.5 Å². The van der Waals surface area contributed by atoms with Crippen LogP contribution in [0.2, 0.25) is 0 Å². The molecule has 2 N–H and O–H groups in total. The molecule has 1 amide bonds. The van der Waals surface area contributed by atoms with Gasteiger partial charge >= 0.3 is 0 Å². The molecule has 0 radical (unpaired) electrons. The van der Waals surface area contributed by atoms with E-state index < -0.39 is 8.37 Å². The summed E-state index contributed by atoms with van der Waals surface area (Å²) in [6, 6.07) is 13.7. The SMILES string of the molecule is O=C(Cc1cccc2ccccc12)NC(O)C(Br)(Br)Br. The summed E-state index contributed by atoms with van der Waals surface area (Å²) < 4.78 is -0.929. The molecule has 0 bridgehead atoms. The minimum Gasteiger partial charge on any atom is -0.370 e. The molecule has 0 saturated carbocycles. The molecule has 106 valence electrons. The van der Waals surface area contributed by atoms with E-state index in [4.69, 9.17) is 0 Å². The van der Waals surface area contributed by atoms with Crippen LogP contribution in [0.3, 0.4) is 0 Å². The Balaban J connectivity index is 2.15. The maximum absolute atomic E-state index is 12.0. The van der Waals surface area contributed by atoms with E-state index in [1.807, 2.05) is 42.5 Å². The molecule has 0 aliphatic rings. The van der Waals surface area contributed by atoms with Crippen molar-refractivity contribution in [2.45, 2.75) is 14.8 Å². The molecule has 0 fully saturated rings. The zero-order valence-electron chi connectivity index (χ0n) is 10.3. The van der Waals surface area contributed by atoms with Crippen molar-refractivity contribution in [3.05, 3.63) is 48.0 Å². The topological polar surface area (TPSA) is 49.3 Å². The van der Waals surface area contributed by atoms with E-state index in [-0.39, 0.29) is 12.3 Å². The van der Waals surface area contributed by atoms with Gasteiger partial charge in [0.2, 0.25) is 5.91 Å². The molecule has 2 aromatic rings. The van der Waals surface area contributed by atoms with E-state index in [2.05, 4.69) is 53.1 Å². The molecule has 0 aliphatic heterocycles. The first-order chi connectivity index (χ1) is 9.38. The summed E-state index contributed by atoms with van der Waals surface area (Å²) in [7, 11) is 0. The monoisotopic (exact) mass is 463 g/mol. The smallest absolute Gasteiger partial charge is 0.226 e. The molecule has 0 saturated heterocycles. The summed E-state index contributed by atoms with van der Waals surface area (Å²) in [5.41, 5.74) is 0.928. The Kier molecular flexibility index (Phi) is 5.23. The normalized spacial score (nSPS) is 13.2. The van der Waals surface area contributed by atoms with Crippen molar-refractivity contribution in [1.29, 1.82) is 0 Å². The molecule has 1 unspecified atom stereocenters. The molecule has 0 spiro atoms. The van der Waals surface area contributed by atoms with Crippen LogP contribution in [0.4, 0.5) is 0 Å². The third-order valence-electron chi connectivity index (χ3n) is 2.84. The number of hydrogen-bond donors (Lipinski definition) is 2. The summed E-state index contributed by atoms with van der Waals surface area (Å²) in [5, 5.41) is 14.4. The van der Waals surface area contributed by atoms with E-state index in [9.17, 15) is 9.90 Å². The minimum absolute atomic E-state index is 0.210. The highest BCUT2D eigenvalue weighted by atomic mass is 80.0. The fraction of sp³-hybridized carbons (Fsp3) is 0.214. The third-order valence-corrected chi connectivity index (χ3v) is 4.14. The number of aliphatic hydroxyl groups excluding tert-OH is 1. The third kappa shape index (κ3) is 4.04. The average Bonchev–Trinajstić information content (AvgIpc) is 2.38. The van der Waals surface area contributed by atoms with E-state index in [0.717, 1.165) is 16.3 Å². The van der Waals surface area contributed by atoms with E-state index in [0.29, 0.717) is 0 Å². The van der Waals surface area contributed by atoms with Gasteiger partial charge in [0, 0.05) is 0 Å². The summed E-state index contributed by atoms with van der Waals surface area (Å²) >= 11 is 9.50. The van der Waals surface area contributed by atoms with Crippen molar-refractivity contribution in [2.75, 3.05) is 0 Å². The van der Waals surface area contributed by atoms with Crippen molar-refractivity contribution < 1.29 is 9.90 Å². The van der Waals surface area contributed by atoms with Gasteiger partial charge in [-0.05, 0) is 16.3 Å². The van der Waals surface area contributed by atoms with Gasteiger partial charge in [-0.3, -0.25) is 4.79 Å². The lowest BCUT2D eigenvalue weighted by atomic mass is 10.0. The Labute approximate surface area is 142 Å². The van der Waals surface area contributed by atoms with Crippen LogP contribution >= 0.6 is 47.8 Å². The first-order valence-corrected chi connectivity index (χ1v) is 8.26. The average molecular weight is 466 g/mol. The number of fused-ring (bicyclic) bond motifs is 1. The Bertz CT molecular complexity index is 620. The lowest BCUT2D eigenvalue weighted by molar-refractivity contribution is -0.123. The lowest BCUT2D eigenvalue weighted by Gasteiger charge is -2.21. The molecule has 1 atom stereocenters. The lowest BCUT2D eigenvalue weighted by Crippen LogP contribution is -2.43. The molecule has 6 heteroatoms. The van der Waals surface area contributed by atoms with Gasteiger partial charge in [-0.1, -0.05) is 90.3 Å². The number of benzene rings is 2. The van der Waals surface area contributed by atoms with Crippen LogP contribution in [0.25, 0.3) is 10.8 Å². The second-order valence-corrected chi connectivity index (χ2v) is 11.3. The highest BCUT2D eigenvalue weighted by Gasteiger charge is 2.30. The Morgan fingerprint density at radius 2 is 1.80 bits per heavy atom. The number of aliphatic hydroxyl groups is 1. The Hall–Kier alpha value is -0.430. The van der Waals surface area contributed by atoms with Gasteiger partial charge in [0.1, 0.15) is 0 Å². The van der Waals surface area contributed by atoms with Crippen molar-refractivity contribution in [2.24, 2.45) is 0 Å². The number of hydrogen-bond acceptors (Lipinski definition) is 2. The van der Waals surface area contributed by atoms with Crippen molar-refractivity contribution in [3.63, 3.8) is 0 Å². The fourth-order valence-corrected chi connectivity index (χ4v) is 2.25. The van der Waals surface area contributed by atoms with Crippen LogP contribution in [0.15, 0.2) is 42.5 Å². The predicted octanol–water partition coefficient (Wildman–Crippen LogP) is 3.66. The number of amides is 1. The second kappa shape index (κ2) is 6.56. The van der Waals surface area contributed by atoms with Crippen LogP contribution < -0.4 is 5.32 Å². The fourth-order valence-electron chi connectivity index (χ4n) is 1.90. The number of carbonyl (C=O) groups excluding carboxylic acids is 1. The molecule has 2 rings (SSSR count). The van der Waals surface area contributed by atoms with Gasteiger partial charge in [0.05, 0.1) is 6.42 Å². The Morgan fingerprint density at radius 3 is 2.50 bits per heavy atom. The molecule has 3 nitrogen and oxygen atoms in total. The highest BCUT2D eigenvalue weighted by Crippen LogP contribution is 2.36. The predicted molar refractivity (Wildman–Crippen MR) is 91.3 cm³/mol. The summed E-state index contributed by atoms with van der Waals surface area (Å²) in [6.07, 6.45) is -0.883. The molecular formula is C14H12Br3NO2. The van der Waals surface area contributed by atoms with Crippen LogP contribution in [-0.2, 0) is 11.2 Å². The summed E-state index contributed by atoms with van der Waals surface area (Å²) in [5.74, 6) is -0.253. The molecule has 0 aliphatic carbocycles. The Morgan fingerprint density at radius 1 is 1.15 bits per heavy atom. The van der Waals surface area contributed by atoms with Gasteiger partial charge in [-0.2, -0.15) is 0 Å². The van der Waals surface area contributed by atoms with Gasteiger partial charge in [-0.25, -0.2) is 0 Å². The number of nitrogens with one attached hydrogen (secondary N) is 1. The highest BCUT2D eigenvalue weighted by molar-refractivity contribution is 9.39. The molecule has 2 aromatic carbocycles. The van der Waals surface area contributed by atoms with Crippen LogP contribution in [0.1, 0.15) is 5.56 Å². The zero-order chi connectivity index (χ0) is 14.8. The maximum atomic E-state index is 12.0. The molecule has 0 heterocycles. The number of alkyl halides is 3. The number of carbonyl (C=O) groups is 1. The molecule has 0 aromatic heterocycles. The largest absolute Gasteiger partial charge is 0.370 e. The number of halogens is 3. The van der Waals surface area contributed by atoms with Crippen LogP contribution in [0.5, 0.6) is 0 Å². The number of rotatable bonds is 3. The quantitative estimate of drug-likeness (QED) is 0.537. The summed E-state index contributed by atoms with van der Waals surface area (Å²) in [4.78, 5) is 12.0. The standard InChI is InChI=1S/C14H12Br3NO2/c15-14(16,17)13(20)18-12(19)8-10-6-3-5-9-4-1-2-7-11(9)10/h1-7,13,20H,8H2,(H,18,19). The van der Waals surface area contributed by atoms with E-state index in [1.165, 1.54) is 0 Å². The first kappa shape index (κ1) is 15.9. The second-order valence-electron chi connectivity index (χ2n) is 4.33. The maximum Gasteiger partial charge on any atom is 0.226 e. The van der Waals surface area contributed by atoms with E-state index >= 15 is 0 Å². The van der Waals surface area contributed by atoms with Crippen molar-refractivity contribution in [3.8, 4) is 0 Å². The van der Waals surface area contributed by atoms with Gasteiger partial charge < -0.3 is 10.4 Å². The van der Waals surface area contributed by atoms with Crippen LogP contribution in [-0.4, -0.2) is 19.4 Å².